The van der Waals surface area contributed by atoms with Gasteiger partial charge in [-0.25, -0.2) is 0 Å². The lowest BCUT2D eigenvalue weighted by Gasteiger charge is -2.33. The molecule has 0 saturated heterocycles. The van der Waals surface area contributed by atoms with Crippen molar-refractivity contribution in [2.75, 3.05) is 6.54 Å². The van der Waals surface area contributed by atoms with Gasteiger partial charge in [0.25, 0.3) is 0 Å². The fourth-order valence-corrected chi connectivity index (χ4v) is 4.81. The summed E-state index contributed by atoms with van der Waals surface area (Å²) in [5.41, 5.74) is -1.32. The van der Waals surface area contributed by atoms with Crippen LogP contribution in [0.3, 0.4) is 0 Å². The van der Waals surface area contributed by atoms with Crippen molar-refractivity contribution in [2.45, 2.75) is 57.8 Å². The Bertz CT molecular complexity index is 1200. The van der Waals surface area contributed by atoms with Gasteiger partial charge in [-0.2, -0.15) is 13.2 Å². The van der Waals surface area contributed by atoms with E-state index in [1.165, 1.54) is 42.8 Å². The van der Waals surface area contributed by atoms with Crippen LogP contribution in [-0.2, 0) is 12.7 Å². The smallest absolute Gasteiger partial charge is 0.450 e. The first-order chi connectivity index (χ1) is 15.7. The fraction of sp³-hybridized carbons (Fsp3) is 0.400. The van der Waals surface area contributed by atoms with E-state index in [2.05, 4.69) is 4.90 Å². The maximum atomic E-state index is 14.0. The predicted octanol–water partition coefficient (Wildman–Crippen LogP) is 6.99. The van der Waals surface area contributed by atoms with Gasteiger partial charge in [-0.3, -0.25) is 9.69 Å². The Morgan fingerprint density at radius 3 is 2.36 bits per heavy atom. The number of halogens is 4. The van der Waals surface area contributed by atoms with Crippen molar-refractivity contribution in [1.29, 1.82) is 0 Å². The van der Waals surface area contributed by atoms with Gasteiger partial charge < -0.3 is 9.52 Å². The zero-order valence-electron chi connectivity index (χ0n) is 18.2. The lowest BCUT2D eigenvalue weighted by Crippen LogP contribution is -2.36. The molecule has 1 aliphatic rings. The number of hydrogen-bond donors (Lipinski definition) is 1. The van der Waals surface area contributed by atoms with E-state index in [1.807, 2.05) is 6.92 Å². The van der Waals surface area contributed by atoms with Crippen molar-refractivity contribution in [3.05, 3.63) is 63.0 Å². The molecule has 0 spiro atoms. The fourth-order valence-electron chi connectivity index (χ4n) is 4.68. The molecule has 8 heteroatoms. The van der Waals surface area contributed by atoms with Crippen LogP contribution in [0, 0.1) is 0 Å². The van der Waals surface area contributed by atoms with E-state index in [-0.39, 0.29) is 40.4 Å². The molecule has 0 amide bonds. The van der Waals surface area contributed by atoms with E-state index in [0.717, 1.165) is 25.7 Å². The van der Waals surface area contributed by atoms with Gasteiger partial charge >= 0.3 is 6.18 Å². The predicted molar refractivity (Wildman–Crippen MR) is 123 cm³/mol. The van der Waals surface area contributed by atoms with Gasteiger partial charge in [0.15, 0.2) is 0 Å². The summed E-state index contributed by atoms with van der Waals surface area (Å²) < 4.78 is 47.5. The summed E-state index contributed by atoms with van der Waals surface area (Å²) in [5.74, 6) is -1.57. The molecular weight excluding hydrogens is 455 g/mol. The van der Waals surface area contributed by atoms with Crippen molar-refractivity contribution in [3.63, 3.8) is 0 Å². The molecule has 33 heavy (non-hydrogen) atoms. The molecule has 0 unspecified atom stereocenters. The van der Waals surface area contributed by atoms with Gasteiger partial charge in [-0.05, 0) is 49.2 Å². The number of nitrogens with zero attached hydrogens (tertiary/aromatic N) is 1. The molecule has 1 fully saturated rings. The highest BCUT2D eigenvalue weighted by molar-refractivity contribution is 6.30. The quantitative estimate of drug-likeness (QED) is 0.428. The molecule has 4 nitrogen and oxygen atoms in total. The van der Waals surface area contributed by atoms with Gasteiger partial charge in [0.1, 0.15) is 11.3 Å². The number of alkyl halides is 3. The molecule has 0 aliphatic heterocycles. The molecule has 1 N–H and O–H groups in total. The second-order valence-electron chi connectivity index (χ2n) is 8.43. The number of rotatable bonds is 5. The second kappa shape index (κ2) is 9.39. The van der Waals surface area contributed by atoms with Crippen LogP contribution in [0.1, 0.15) is 50.4 Å². The van der Waals surface area contributed by atoms with E-state index in [0.29, 0.717) is 11.6 Å². The number of hydrogen-bond acceptors (Lipinski definition) is 4. The highest BCUT2D eigenvalue weighted by Crippen LogP contribution is 2.40. The topological polar surface area (TPSA) is 53.7 Å². The van der Waals surface area contributed by atoms with Gasteiger partial charge in [-0.1, -0.05) is 49.9 Å². The van der Waals surface area contributed by atoms with Crippen molar-refractivity contribution < 1.29 is 22.7 Å². The van der Waals surface area contributed by atoms with Crippen LogP contribution in [0.15, 0.2) is 45.6 Å². The van der Waals surface area contributed by atoms with Gasteiger partial charge in [0.05, 0.1) is 16.5 Å². The zero-order chi connectivity index (χ0) is 23.8. The Morgan fingerprint density at radius 2 is 1.76 bits per heavy atom. The van der Waals surface area contributed by atoms with Crippen LogP contribution in [0.2, 0.25) is 5.02 Å². The lowest BCUT2D eigenvalue weighted by atomic mass is 9.93. The Labute approximate surface area is 194 Å². The van der Waals surface area contributed by atoms with Crippen LogP contribution >= 0.6 is 11.6 Å². The highest BCUT2D eigenvalue weighted by Gasteiger charge is 2.40. The maximum Gasteiger partial charge on any atom is 0.450 e. The lowest BCUT2D eigenvalue weighted by molar-refractivity contribution is -0.152. The minimum atomic E-state index is -4.90. The standard InChI is InChI=1S/C25H25ClF3NO3/c1-2-30(17-6-4-3-5-7-17)14-19-20(31)13-12-18-22(32)21(15-8-10-16(26)11-9-15)24(25(27,28)29)33-23(18)19/h8-13,17,31H,2-7,14H2,1H3. The van der Waals surface area contributed by atoms with Gasteiger partial charge in [0, 0.05) is 17.6 Å². The molecule has 4 rings (SSSR count). The molecule has 0 radical (unpaired) electrons. The van der Waals surface area contributed by atoms with E-state index in [1.54, 1.807) is 0 Å². The zero-order valence-corrected chi connectivity index (χ0v) is 19.0. The molecule has 1 heterocycles. The first kappa shape index (κ1) is 23.6. The molecule has 176 valence electrons. The average molecular weight is 480 g/mol. The minimum absolute atomic E-state index is 0.000414. The first-order valence-corrected chi connectivity index (χ1v) is 11.5. The third kappa shape index (κ3) is 4.75. The number of benzene rings is 2. The molecule has 1 aromatic heterocycles. The molecule has 1 saturated carbocycles. The highest BCUT2D eigenvalue weighted by atomic mass is 35.5. The SMILES string of the molecule is CCN(Cc1c(O)ccc2c(=O)c(-c3ccc(Cl)cc3)c(C(F)(F)F)oc12)C1CCCCC1. The minimum Gasteiger partial charge on any atom is -0.507 e. The summed E-state index contributed by atoms with van der Waals surface area (Å²) in [5, 5.41) is 10.9. The van der Waals surface area contributed by atoms with Crippen LogP contribution in [0.5, 0.6) is 5.75 Å². The number of phenolic OH excluding ortho intramolecular Hbond substituents is 1. The van der Waals surface area contributed by atoms with Crippen molar-refractivity contribution in [1.82, 2.24) is 4.90 Å². The first-order valence-electron chi connectivity index (χ1n) is 11.1. The van der Waals surface area contributed by atoms with Gasteiger partial charge in [0.2, 0.25) is 11.2 Å². The maximum absolute atomic E-state index is 14.0. The summed E-state index contributed by atoms with van der Waals surface area (Å²) in [6.45, 7) is 2.84. The third-order valence-electron chi connectivity index (χ3n) is 6.39. The molecular formula is C25H25ClF3NO3. The van der Waals surface area contributed by atoms with Crippen LogP contribution in [-0.4, -0.2) is 22.6 Å². The van der Waals surface area contributed by atoms with Crippen molar-refractivity contribution in [3.8, 4) is 16.9 Å². The Morgan fingerprint density at radius 1 is 1.09 bits per heavy atom. The van der Waals surface area contributed by atoms with Crippen LogP contribution < -0.4 is 5.43 Å². The normalized spacial score (nSPS) is 15.5. The van der Waals surface area contributed by atoms with E-state index in [4.69, 9.17) is 16.0 Å². The van der Waals surface area contributed by atoms with E-state index >= 15 is 0 Å². The molecule has 1 aliphatic carbocycles. The monoisotopic (exact) mass is 479 g/mol. The summed E-state index contributed by atoms with van der Waals surface area (Å²) in [6, 6.07) is 8.51. The summed E-state index contributed by atoms with van der Waals surface area (Å²) in [7, 11) is 0. The van der Waals surface area contributed by atoms with Crippen LogP contribution in [0.4, 0.5) is 13.2 Å². The van der Waals surface area contributed by atoms with E-state index < -0.39 is 22.9 Å². The summed E-state index contributed by atoms with van der Waals surface area (Å²) >= 11 is 5.87. The van der Waals surface area contributed by atoms with Crippen molar-refractivity contribution in [2.24, 2.45) is 0 Å². The summed E-state index contributed by atoms with van der Waals surface area (Å²) in [4.78, 5) is 15.4. The Kier molecular flexibility index (Phi) is 6.73. The molecule has 2 aromatic carbocycles. The number of phenols is 1. The number of aromatic hydroxyl groups is 1. The molecule has 3 aromatic rings. The summed E-state index contributed by atoms with van der Waals surface area (Å²) in [6.07, 6.45) is 0.459. The van der Waals surface area contributed by atoms with Crippen LogP contribution in [0.25, 0.3) is 22.1 Å². The largest absolute Gasteiger partial charge is 0.507 e. The third-order valence-corrected chi connectivity index (χ3v) is 6.64. The number of fused-ring (bicyclic) bond motifs is 1. The molecule has 0 bridgehead atoms. The molecule has 0 atom stereocenters. The second-order valence-corrected chi connectivity index (χ2v) is 8.87. The average Bonchev–Trinajstić information content (AvgIpc) is 2.79. The van der Waals surface area contributed by atoms with Crippen molar-refractivity contribution >= 4 is 22.6 Å². The Balaban J connectivity index is 1.91. The van der Waals surface area contributed by atoms with E-state index in [9.17, 15) is 23.1 Å². The Hall–Kier alpha value is -2.51. The van der Waals surface area contributed by atoms with Gasteiger partial charge in [-0.15, -0.1) is 0 Å².